The molecule has 0 saturated carbocycles. The summed E-state index contributed by atoms with van der Waals surface area (Å²) in [6.07, 6.45) is 2.12. The molecule has 0 bridgehead atoms. The summed E-state index contributed by atoms with van der Waals surface area (Å²) in [4.78, 5) is 0. The Morgan fingerprint density at radius 3 is 2.31 bits per heavy atom. The fraction of sp³-hybridized carbons (Fsp3) is 0.818. The lowest BCUT2D eigenvalue weighted by Gasteiger charge is -2.26. The van der Waals surface area contributed by atoms with Gasteiger partial charge in [0.2, 0.25) is 10.0 Å². The van der Waals surface area contributed by atoms with E-state index in [9.17, 15) is 8.42 Å². The Labute approximate surface area is 99.3 Å². The molecule has 0 aliphatic heterocycles. The van der Waals surface area contributed by atoms with Gasteiger partial charge in [-0.15, -0.1) is 0 Å². The molecule has 0 rings (SSSR count). The van der Waals surface area contributed by atoms with Gasteiger partial charge in [0.05, 0.1) is 12.0 Å². The van der Waals surface area contributed by atoms with Gasteiger partial charge in [-0.25, -0.2) is 12.7 Å². The third kappa shape index (κ3) is 4.99. The van der Waals surface area contributed by atoms with E-state index in [1.807, 2.05) is 0 Å². The smallest absolute Gasteiger partial charge is 0.211 e. The molecule has 0 radical (unpaired) electrons. The van der Waals surface area contributed by atoms with Gasteiger partial charge in [-0.2, -0.15) is 0 Å². The molecule has 0 heterocycles. The molecule has 0 amide bonds. The topological polar surface area (TPSA) is 46.6 Å². The number of rotatable bonds is 7. The summed E-state index contributed by atoms with van der Waals surface area (Å²) < 4.78 is 28.9. The first kappa shape index (κ1) is 15.4. The highest BCUT2D eigenvalue weighted by Crippen LogP contribution is 2.29. The van der Waals surface area contributed by atoms with Crippen LogP contribution in [0.1, 0.15) is 27.2 Å². The van der Waals surface area contributed by atoms with Crippen molar-refractivity contribution in [2.24, 2.45) is 5.41 Å². The fourth-order valence-electron chi connectivity index (χ4n) is 0.856. The lowest BCUT2D eigenvalue weighted by Crippen LogP contribution is -2.29. The molecule has 4 nitrogen and oxygen atoms in total. The van der Waals surface area contributed by atoms with Crippen LogP contribution in [0.5, 0.6) is 0 Å². The monoisotopic (exact) mass is 249 g/mol. The van der Waals surface area contributed by atoms with E-state index in [1.165, 1.54) is 17.6 Å². The Hall–Kier alpha value is -0.550. The molecule has 0 aliphatic rings. The van der Waals surface area contributed by atoms with Crippen LogP contribution in [0.4, 0.5) is 0 Å². The van der Waals surface area contributed by atoms with Crippen LogP contribution in [0.25, 0.3) is 0 Å². The van der Waals surface area contributed by atoms with Crippen LogP contribution in [0.15, 0.2) is 12.3 Å². The second-order valence-corrected chi connectivity index (χ2v) is 6.68. The van der Waals surface area contributed by atoms with E-state index in [-0.39, 0.29) is 5.41 Å². The van der Waals surface area contributed by atoms with Crippen LogP contribution >= 0.6 is 0 Å². The molecular weight excluding hydrogens is 226 g/mol. The summed E-state index contributed by atoms with van der Waals surface area (Å²) in [7, 11) is -1.58. The van der Waals surface area contributed by atoms with E-state index in [0.29, 0.717) is 18.9 Å². The molecule has 0 aliphatic carbocycles. The van der Waals surface area contributed by atoms with Gasteiger partial charge in [0, 0.05) is 19.0 Å². The van der Waals surface area contributed by atoms with E-state index < -0.39 is 10.0 Å². The number of hydrogen-bond donors (Lipinski definition) is 0. The Bertz CT molecular complexity index is 333. The summed E-state index contributed by atoms with van der Waals surface area (Å²) >= 11 is 0. The quantitative estimate of drug-likeness (QED) is 0.647. The van der Waals surface area contributed by atoms with Crippen LogP contribution < -0.4 is 0 Å². The van der Waals surface area contributed by atoms with Crippen LogP contribution in [-0.4, -0.2) is 39.2 Å². The van der Waals surface area contributed by atoms with Gasteiger partial charge in [-0.1, -0.05) is 27.4 Å². The predicted molar refractivity (Wildman–Crippen MR) is 66.6 cm³/mol. The van der Waals surface area contributed by atoms with Crippen molar-refractivity contribution < 1.29 is 13.2 Å². The molecule has 5 heteroatoms. The van der Waals surface area contributed by atoms with E-state index in [2.05, 4.69) is 27.4 Å². The standard InChI is InChI=1S/C11H23NO3S/c1-7-11(3,4)10(2)15-9-8-12(5)16(6,13)14/h2,7-9H2,1,3-6H3. The Balaban J connectivity index is 4.06. The van der Waals surface area contributed by atoms with Crippen molar-refractivity contribution in [1.29, 1.82) is 0 Å². The number of likely N-dealkylation sites (N-methyl/N-ethyl adjacent to an activating group) is 1. The van der Waals surface area contributed by atoms with Crippen molar-refractivity contribution in [1.82, 2.24) is 4.31 Å². The third-order valence-electron chi connectivity index (χ3n) is 2.89. The van der Waals surface area contributed by atoms with Gasteiger partial charge in [-0.3, -0.25) is 0 Å². The number of sulfonamides is 1. The Morgan fingerprint density at radius 2 is 1.94 bits per heavy atom. The van der Waals surface area contributed by atoms with Gasteiger partial charge in [-0.05, 0) is 6.42 Å². The minimum absolute atomic E-state index is 0.0658. The number of allylic oxidation sites excluding steroid dienone is 1. The zero-order valence-electron chi connectivity index (χ0n) is 10.9. The average molecular weight is 249 g/mol. The largest absolute Gasteiger partial charge is 0.497 e. The molecule has 0 atom stereocenters. The lowest BCUT2D eigenvalue weighted by atomic mass is 9.88. The van der Waals surface area contributed by atoms with Crippen LogP contribution in [0, 0.1) is 5.41 Å². The van der Waals surface area contributed by atoms with Gasteiger partial charge >= 0.3 is 0 Å². The molecule has 0 unspecified atom stereocenters. The first-order chi connectivity index (χ1) is 7.11. The van der Waals surface area contributed by atoms with Gasteiger partial charge in [0.15, 0.2) is 0 Å². The van der Waals surface area contributed by atoms with Gasteiger partial charge in [0.1, 0.15) is 6.61 Å². The highest BCUT2D eigenvalue weighted by Gasteiger charge is 2.21. The molecular formula is C11H23NO3S. The first-order valence-electron chi connectivity index (χ1n) is 5.34. The second-order valence-electron chi connectivity index (χ2n) is 4.59. The van der Waals surface area contributed by atoms with Crippen molar-refractivity contribution in [2.45, 2.75) is 27.2 Å². The van der Waals surface area contributed by atoms with Gasteiger partial charge in [0.25, 0.3) is 0 Å². The summed E-state index contributed by atoms with van der Waals surface area (Å²) in [5.41, 5.74) is -0.0658. The number of ether oxygens (including phenoxy) is 1. The normalized spacial score (nSPS) is 12.9. The highest BCUT2D eigenvalue weighted by atomic mass is 32.2. The molecule has 0 saturated heterocycles. The minimum atomic E-state index is -3.12. The van der Waals surface area contributed by atoms with E-state index in [1.54, 1.807) is 0 Å². The van der Waals surface area contributed by atoms with Crippen molar-refractivity contribution >= 4 is 10.0 Å². The SMILES string of the molecule is C=C(OCCN(C)S(C)(=O)=O)C(C)(C)CC. The molecule has 0 aromatic carbocycles. The first-order valence-corrected chi connectivity index (χ1v) is 7.19. The predicted octanol–water partition coefficient (Wildman–Crippen LogP) is 1.84. The van der Waals surface area contributed by atoms with Crippen LogP contribution in [0.3, 0.4) is 0 Å². The summed E-state index contributed by atoms with van der Waals surface area (Å²) in [5, 5.41) is 0. The van der Waals surface area contributed by atoms with E-state index in [4.69, 9.17) is 4.74 Å². The second kappa shape index (κ2) is 5.68. The zero-order valence-corrected chi connectivity index (χ0v) is 11.7. The summed E-state index contributed by atoms with van der Waals surface area (Å²) in [5.74, 6) is 0.705. The van der Waals surface area contributed by atoms with Crippen LogP contribution in [0.2, 0.25) is 0 Å². The average Bonchev–Trinajstić information content (AvgIpc) is 2.15. The van der Waals surface area contributed by atoms with Crippen molar-refractivity contribution in [3.63, 3.8) is 0 Å². The van der Waals surface area contributed by atoms with Crippen LogP contribution in [-0.2, 0) is 14.8 Å². The maximum atomic E-state index is 11.1. The molecule has 0 spiro atoms. The maximum Gasteiger partial charge on any atom is 0.211 e. The molecule has 16 heavy (non-hydrogen) atoms. The summed E-state index contributed by atoms with van der Waals surface area (Å²) in [6, 6.07) is 0. The number of hydrogen-bond acceptors (Lipinski definition) is 3. The summed E-state index contributed by atoms with van der Waals surface area (Å²) in [6.45, 7) is 10.7. The lowest BCUT2D eigenvalue weighted by molar-refractivity contribution is 0.135. The molecule has 0 aromatic heterocycles. The fourth-order valence-corrected chi connectivity index (χ4v) is 1.26. The number of nitrogens with zero attached hydrogens (tertiary/aromatic N) is 1. The maximum absolute atomic E-state index is 11.1. The minimum Gasteiger partial charge on any atom is -0.497 e. The zero-order chi connectivity index (χ0) is 13.0. The molecule has 0 aromatic rings. The third-order valence-corrected chi connectivity index (χ3v) is 4.20. The van der Waals surface area contributed by atoms with E-state index >= 15 is 0 Å². The Morgan fingerprint density at radius 1 is 1.44 bits per heavy atom. The molecule has 0 N–H and O–H groups in total. The van der Waals surface area contributed by atoms with Crippen molar-refractivity contribution in [3.8, 4) is 0 Å². The Kier molecular flexibility index (Phi) is 5.49. The van der Waals surface area contributed by atoms with Crippen molar-refractivity contribution in [3.05, 3.63) is 12.3 Å². The van der Waals surface area contributed by atoms with Crippen molar-refractivity contribution in [2.75, 3.05) is 26.5 Å². The van der Waals surface area contributed by atoms with Gasteiger partial charge < -0.3 is 4.74 Å². The molecule has 0 fully saturated rings. The van der Waals surface area contributed by atoms with E-state index in [0.717, 1.165) is 6.42 Å². The molecule has 96 valence electrons. The highest BCUT2D eigenvalue weighted by molar-refractivity contribution is 7.88.